The monoisotopic (exact) mass is 318 g/mol. The maximum atomic E-state index is 11.9. The van der Waals surface area contributed by atoms with Crippen LogP contribution < -0.4 is 4.87 Å². The molecule has 0 aliphatic heterocycles. The lowest BCUT2D eigenvalue weighted by atomic mass is 10.3. The van der Waals surface area contributed by atoms with Gasteiger partial charge in [-0.1, -0.05) is 47.9 Å². The van der Waals surface area contributed by atoms with Crippen molar-refractivity contribution in [3.05, 3.63) is 36.9 Å². The van der Waals surface area contributed by atoms with E-state index < -0.39 is 0 Å². The lowest BCUT2D eigenvalue weighted by molar-refractivity contribution is 0.475. The first kappa shape index (κ1) is 14.4. The van der Waals surface area contributed by atoms with Crippen LogP contribution in [0.1, 0.15) is 24.8 Å². The van der Waals surface area contributed by atoms with E-state index in [0.717, 1.165) is 35.6 Å². The maximum absolute atomic E-state index is 11.9. The number of phenols is 1. The molecule has 1 heterocycles. The number of rotatable bonds is 4. The Morgan fingerprint density at radius 2 is 2.11 bits per heavy atom. The average molecular weight is 319 g/mol. The second-order valence-electron chi connectivity index (χ2n) is 4.03. The first-order valence-electron chi connectivity index (χ1n) is 5.80. The van der Waals surface area contributed by atoms with Crippen molar-refractivity contribution in [2.24, 2.45) is 0 Å². The quantitative estimate of drug-likeness (QED) is 0.936. The molecule has 4 nitrogen and oxygen atoms in total. The van der Waals surface area contributed by atoms with E-state index in [2.05, 4.69) is 12.0 Å². The van der Waals surface area contributed by atoms with Crippen molar-refractivity contribution in [2.75, 3.05) is 0 Å². The predicted molar refractivity (Wildman–Crippen MR) is 78.0 cm³/mol. The zero-order valence-electron chi connectivity index (χ0n) is 10.2. The topological polar surface area (TPSA) is 55.1 Å². The van der Waals surface area contributed by atoms with E-state index >= 15 is 0 Å². The van der Waals surface area contributed by atoms with Gasteiger partial charge < -0.3 is 5.11 Å². The van der Waals surface area contributed by atoms with Gasteiger partial charge in [0, 0.05) is 12.5 Å². The Hall–Kier alpha value is -1.04. The van der Waals surface area contributed by atoms with Gasteiger partial charge in [-0.25, -0.2) is 0 Å². The summed E-state index contributed by atoms with van der Waals surface area (Å²) < 4.78 is 1.20. The number of aromatic hydroxyl groups is 1. The minimum Gasteiger partial charge on any atom is -0.506 e. The number of hydrogen-bond acceptors (Lipinski definition) is 4. The molecule has 19 heavy (non-hydrogen) atoms. The first-order chi connectivity index (χ1) is 9.02. The normalized spacial score (nSPS) is 10.9. The molecule has 1 aromatic heterocycles. The summed E-state index contributed by atoms with van der Waals surface area (Å²) in [5.41, 5.74) is 0.340. The van der Waals surface area contributed by atoms with Crippen LogP contribution in [0.15, 0.2) is 16.9 Å². The van der Waals surface area contributed by atoms with Gasteiger partial charge in [0.1, 0.15) is 10.8 Å². The van der Waals surface area contributed by atoms with Gasteiger partial charge in [-0.2, -0.15) is 9.78 Å². The van der Waals surface area contributed by atoms with Gasteiger partial charge in [-0.3, -0.25) is 4.79 Å². The largest absolute Gasteiger partial charge is 0.506 e. The number of hydrogen-bond donors (Lipinski definition) is 1. The molecule has 2 aromatic rings. The van der Waals surface area contributed by atoms with E-state index in [0.29, 0.717) is 5.69 Å². The Morgan fingerprint density at radius 1 is 1.37 bits per heavy atom. The summed E-state index contributed by atoms with van der Waals surface area (Å²) in [5, 5.41) is 15.0. The zero-order valence-corrected chi connectivity index (χ0v) is 12.5. The van der Waals surface area contributed by atoms with Crippen molar-refractivity contribution >= 4 is 34.5 Å². The van der Waals surface area contributed by atoms with Crippen molar-refractivity contribution in [3.8, 4) is 11.4 Å². The molecule has 0 radical (unpaired) electrons. The molecule has 1 N–H and O–H groups in total. The minimum absolute atomic E-state index is 0.129. The number of nitrogens with zero attached hydrogens (tertiary/aromatic N) is 2. The summed E-state index contributed by atoms with van der Waals surface area (Å²) in [6.45, 7) is 2.08. The van der Waals surface area contributed by atoms with E-state index in [9.17, 15) is 9.90 Å². The van der Waals surface area contributed by atoms with Gasteiger partial charge in [-0.05, 0) is 12.5 Å². The molecule has 0 bridgehead atoms. The van der Waals surface area contributed by atoms with Crippen LogP contribution in [0.4, 0.5) is 0 Å². The van der Waals surface area contributed by atoms with Crippen LogP contribution in [-0.2, 0) is 6.42 Å². The fourth-order valence-electron chi connectivity index (χ4n) is 1.59. The molecule has 0 amide bonds. The third kappa shape index (κ3) is 3.11. The van der Waals surface area contributed by atoms with Crippen LogP contribution >= 0.6 is 34.5 Å². The van der Waals surface area contributed by atoms with Crippen LogP contribution in [0, 0.1) is 0 Å². The molecular weight excluding hydrogens is 307 g/mol. The highest BCUT2D eigenvalue weighted by molar-refractivity contribution is 7.08. The van der Waals surface area contributed by atoms with Crippen molar-refractivity contribution in [3.63, 3.8) is 0 Å². The average Bonchev–Trinajstić information content (AvgIpc) is 2.72. The van der Waals surface area contributed by atoms with E-state index in [4.69, 9.17) is 23.2 Å². The molecule has 0 atom stereocenters. The number of halogens is 2. The first-order valence-corrected chi connectivity index (χ1v) is 7.37. The highest BCUT2D eigenvalue weighted by atomic mass is 35.5. The minimum atomic E-state index is -0.227. The number of unbranched alkanes of at least 4 members (excludes halogenated alkanes) is 1. The molecule has 0 aliphatic rings. The number of benzene rings is 1. The Morgan fingerprint density at radius 3 is 2.79 bits per heavy atom. The standard InChI is InChI=1S/C12H12Cl2N2O2S/c1-2-3-4-11-15-16(12(18)19-11)9-6-10(17)8(14)5-7(9)13/h5-6,17H,2-4H2,1H3. The molecule has 1 aromatic carbocycles. The maximum Gasteiger partial charge on any atom is 0.329 e. The second-order valence-corrected chi connectivity index (χ2v) is 5.87. The second kappa shape index (κ2) is 5.94. The van der Waals surface area contributed by atoms with Gasteiger partial charge in [0.15, 0.2) is 0 Å². The van der Waals surface area contributed by atoms with Gasteiger partial charge >= 0.3 is 4.87 Å². The smallest absolute Gasteiger partial charge is 0.329 e. The van der Waals surface area contributed by atoms with Crippen LogP contribution in [0.5, 0.6) is 5.75 Å². The van der Waals surface area contributed by atoms with Crippen LogP contribution in [-0.4, -0.2) is 14.9 Å². The Balaban J connectivity index is 2.44. The highest BCUT2D eigenvalue weighted by Gasteiger charge is 2.13. The summed E-state index contributed by atoms with van der Waals surface area (Å²) in [7, 11) is 0. The third-order valence-electron chi connectivity index (χ3n) is 2.58. The third-order valence-corrected chi connectivity index (χ3v) is 4.05. The molecule has 0 saturated heterocycles. The van der Waals surface area contributed by atoms with E-state index in [1.165, 1.54) is 16.8 Å². The molecule has 0 saturated carbocycles. The summed E-state index contributed by atoms with van der Waals surface area (Å²) in [4.78, 5) is 11.7. The Labute approximate surface area is 124 Å². The molecule has 2 rings (SSSR count). The molecule has 0 unspecified atom stereocenters. The predicted octanol–water partition coefficient (Wildman–Crippen LogP) is 3.65. The summed E-state index contributed by atoms with van der Waals surface area (Å²) in [5.74, 6) is -0.129. The van der Waals surface area contributed by atoms with Gasteiger partial charge in [0.2, 0.25) is 0 Å². The molecule has 0 aliphatic carbocycles. The van der Waals surface area contributed by atoms with E-state index in [1.54, 1.807) is 0 Å². The van der Waals surface area contributed by atoms with Crippen LogP contribution in [0.2, 0.25) is 10.0 Å². The van der Waals surface area contributed by atoms with E-state index in [1.807, 2.05) is 0 Å². The fourth-order valence-corrected chi connectivity index (χ4v) is 2.85. The van der Waals surface area contributed by atoms with Crippen molar-refractivity contribution in [2.45, 2.75) is 26.2 Å². The lowest BCUT2D eigenvalue weighted by Gasteiger charge is -2.05. The zero-order chi connectivity index (χ0) is 14.0. The van der Waals surface area contributed by atoms with Crippen molar-refractivity contribution in [1.82, 2.24) is 9.78 Å². The fraction of sp³-hybridized carbons (Fsp3) is 0.333. The Kier molecular flexibility index (Phi) is 4.50. The SMILES string of the molecule is CCCCc1nn(-c2cc(O)c(Cl)cc2Cl)c(=O)s1. The van der Waals surface area contributed by atoms with Gasteiger partial charge in [0.05, 0.1) is 15.7 Å². The summed E-state index contributed by atoms with van der Waals surface area (Å²) in [6, 6.07) is 2.74. The number of phenolic OH excluding ortho intramolecular Hbond substituents is 1. The molecular formula is C12H12Cl2N2O2S. The highest BCUT2D eigenvalue weighted by Crippen LogP contribution is 2.31. The number of aryl methyl sites for hydroxylation is 1. The van der Waals surface area contributed by atoms with Gasteiger partial charge in [-0.15, -0.1) is 0 Å². The van der Waals surface area contributed by atoms with Crippen molar-refractivity contribution in [1.29, 1.82) is 0 Å². The van der Waals surface area contributed by atoms with Crippen LogP contribution in [0.25, 0.3) is 5.69 Å². The van der Waals surface area contributed by atoms with Gasteiger partial charge in [0.25, 0.3) is 0 Å². The molecule has 0 fully saturated rings. The molecule has 0 spiro atoms. The molecule has 102 valence electrons. The lowest BCUT2D eigenvalue weighted by Crippen LogP contribution is -2.12. The summed E-state index contributed by atoms with van der Waals surface area (Å²) >= 11 is 12.9. The van der Waals surface area contributed by atoms with Crippen molar-refractivity contribution < 1.29 is 5.11 Å². The Bertz CT molecular complexity index is 652. The van der Waals surface area contributed by atoms with E-state index in [-0.39, 0.29) is 20.7 Å². The number of aromatic nitrogens is 2. The van der Waals surface area contributed by atoms with Crippen LogP contribution in [0.3, 0.4) is 0 Å². The summed E-state index contributed by atoms with van der Waals surface area (Å²) in [6.07, 6.45) is 2.78. The molecule has 7 heteroatoms.